The molecule has 3 aromatic rings. The number of hydrogen-bond acceptors (Lipinski definition) is 6. The molecule has 0 bridgehead atoms. The zero-order valence-corrected chi connectivity index (χ0v) is 19.4. The number of amides is 1. The molecule has 34 heavy (non-hydrogen) atoms. The van der Waals surface area contributed by atoms with E-state index < -0.39 is 12.1 Å². The summed E-state index contributed by atoms with van der Waals surface area (Å²) in [4.78, 5) is 29.4. The Hall–Kier alpha value is -3.81. The van der Waals surface area contributed by atoms with Gasteiger partial charge in [0.25, 0.3) is 0 Å². The van der Waals surface area contributed by atoms with E-state index in [9.17, 15) is 9.59 Å². The summed E-state index contributed by atoms with van der Waals surface area (Å²) in [6, 6.07) is 13.6. The maximum atomic E-state index is 12.1. The van der Waals surface area contributed by atoms with E-state index in [0.29, 0.717) is 44.8 Å². The average Bonchev–Trinajstić information content (AvgIpc) is 3.23. The minimum Gasteiger partial charge on any atom is -0.493 e. The molecule has 2 aromatic carbocycles. The van der Waals surface area contributed by atoms with Crippen molar-refractivity contribution in [2.24, 2.45) is 0 Å². The van der Waals surface area contributed by atoms with Crippen LogP contribution in [-0.2, 0) is 35.3 Å². The molecule has 0 atom stereocenters. The molecular formula is C26H28N2O6. The lowest BCUT2D eigenvalue weighted by Crippen LogP contribution is -2.36. The standard InChI is InChI=1S/C26H28N2O6/c1-17-22(27-25(34-17)19-6-4-3-5-7-19)13-15-33-23-10-8-18(9-11-24(29)30)21-16-28(26(31)32-2)14-12-20(21)23/h3-8,10H,9,11-16H2,1-2H3,(H,29,30). The van der Waals surface area contributed by atoms with Gasteiger partial charge >= 0.3 is 12.1 Å². The van der Waals surface area contributed by atoms with E-state index >= 15 is 0 Å². The summed E-state index contributed by atoms with van der Waals surface area (Å²) in [5.74, 6) is 1.26. The lowest BCUT2D eigenvalue weighted by Gasteiger charge is -2.30. The van der Waals surface area contributed by atoms with Gasteiger partial charge in [-0.25, -0.2) is 9.78 Å². The number of hydrogen-bond donors (Lipinski definition) is 1. The number of benzene rings is 2. The molecule has 0 aliphatic carbocycles. The number of carbonyl (C=O) groups excluding carboxylic acids is 1. The zero-order valence-electron chi connectivity index (χ0n) is 19.4. The summed E-state index contributed by atoms with van der Waals surface area (Å²) >= 11 is 0. The van der Waals surface area contributed by atoms with Crippen molar-refractivity contribution in [2.75, 3.05) is 20.3 Å². The second-order valence-corrected chi connectivity index (χ2v) is 8.20. The molecule has 1 amide bonds. The first-order valence-electron chi connectivity index (χ1n) is 11.3. The third kappa shape index (κ3) is 5.22. The Morgan fingerprint density at radius 3 is 2.65 bits per heavy atom. The predicted octanol–water partition coefficient (Wildman–Crippen LogP) is 4.41. The molecule has 0 radical (unpaired) electrons. The number of carboxylic acids is 1. The van der Waals surface area contributed by atoms with Gasteiger partial charge in [0, 0.05) is 37.1 Å². The van der Waals surface area contributed by atoms with E-state index in [2.05, 4.69) is 4.98 Å². The minimum absolute atomic E-state index is 0.0278. The van der Waals surface area contributed by atoms with Crippen molar-refractivity contribution in [3.05, 3.63) is 70.6 Å². The Balaban J connectivity index is 1.49. The smallest absolute Gasteiger partial charge is 0.409 e. The summed E-state index contributed by atoms with van der Waals surface area (Å²) < 4.78 is 16.9. The number of rotatable bonds is 8. The van der Waals surface area contributed by atoms with Crippen molar-refractivity contribution >= 4 is 12.1 Å². The second kappa shape index (κ2) is 10.4. The third-order valence-corrected chi connectivity index (χ3v) is 6.02. The number of aliphatic carboxylic acids is 1. The van der Waals surface area contributed by atoms with Crippen LogP contribution in [0.1, 0.15) is 34.6 Å². The monoisotopic (exact) mass is 464 g/mol. The minimum atomic E-state index is -0.854. The Morgan fingerprint density at radius 2 is 1.91 bits per heavy atom. The fourth-order valence-electron chi connectivity index (χ4n) is 4.23. The fourth-order valence-corrected chi connectivity index (χ4v) is 4.23. The largest absolute Gasteiger partial charge is 0.493 e. The van der Waals surface area contributed by atoms with E-state index in [1.54, 1.807) is 4.90 Å². The fraction of sp³-hybridized carbons (Fsp3) is 0.346. The highest BCUT2D eigenvalue weighted by Gasteiger charge is 2.26. The van der Waals surface area contributed by atoms with Crippen LogP contribution < -0.4 is 4.74 Å². The molecule has 4 rings (SSSR count). The van der Waals surface area contributed by atoms with Gasteiger partial charge < -0.3 is 23.9 Å². The average molecular weight is 465 g/mol. The summed E-state index contributed by atoms with van der Waals surface area (Å²) in [7, 11) is 1.36. The summed E-state index contributed by atoms with van der Waals surface area (Å²) in [6.45, 7) is 3.21. The van der Waals surface area contributed by atoms with Gasteiger partial charge in [0.15, 0.2) is 0 Å². The number of oxazole rings is 1. The molecule has 178 valence electrons. The predicted molar refractivity (Wildman–Crippen MR) is 125 cm³/mol. The number of fused-ring (bicyclic) bond motifs is 1. The first-order chi connectivity index (χ1) is 16.5. The molecule has 0 saturated heterocycles. The van der Waals surface area contributed by atoms with Gasteiger partial charge in [0.2, 0.25) is 5.89 Å². The highest BCUT2D eigenvalue weighted by molar-refractivity contribution is 5.69. The van der Waals surface area contributed by atoms with Crippen molar-refractivity contribution in [3.63, 3.8) is 0 Å². The highest BCUT2D eigenvalue weighted by Crippen LogP contribution is 2.32. The van der Waals surface area contributed by atoms with Crippen LogP contribution in [0.5, 0.6) is 5.75 Å². The van der Waals surface area contributed by atoms with Crippen LogP contribution in [0.2, 0.25) is 0 Å². The molecule has 0 unspecified atom stereocenters. The van der Waals surface area contributed by atoms with Gasteiger partial charge in [-0.3, -0.25) is 4.79 Å². The van der Waals surface area contributed by atoms with E-state index in [0.717, 1.165) is 39.5 Å². The van der Waals surface area contributed by atoms with E-state index in [-0.39, 0.29) is 6.42 Å². The summed E-state index contributed by atoms with van der Waals surface area (Å²) in [5.41, 5.74) is 4.66. The molecular weight excluding hydrogens is 436 g/mol. The molecule has 8 heteroatoms. The van der Waals surface area contributed by atoms with Gasteiger partial charge in [-0.05, 0) is 49.1 Å². The molecule has 2 heterocycles. The van der Waals surface area contributed by atoms with E-state index in [1.165, 1.54) is 7.11 Å². The van der Waals surface area contributed by atoms with Gasteiger partial charge in [-0.1, -0.05) is 24.3 Å². The molecule has 1 aliphatic rings. The molecule has 8 nitrogen and oxygen atoms in total. The molecule has 1 aromatic heterocycles. The van der Waals surface area contributed by atoms with Gasteiger partial charge in [-0.2, -0.15) is 0 Å². The number of methoxy groups -OCH3 is 1. The topological polar surface area (TPSA) is 102 Å². The van der Waals surface area contributed by atoms with Crippen LogP contribution in [0.4, 0.5) is 4.79 Å². The van der Waals surface area contributed by atoms with Crippen molar-refractivity contribution in [1.82, 2.24) is 9.88 Å². The van der Waals surface area contributed by atoms with Gasteiger partial charge in [0.1, 0.15) is 11.5 Å². The second-order valence-electron chi connectivity index (χ2n) is 8.20. The maximum Gasteiger partial charge on any atom is 0.409 e. The van der Waals surface area contributed by atoms with E-state index in [4.69, 9.17) is 19.0 Å². The Morgan fingerprint density at radius 1 is 1.12 bits per heavy atom. The zero-order chi connectivity index (χ0) is 24.1. The van der Waals surface area contributed by atoms with Crippen LogP contribution in [-0.4, -0.2) is 47.3 Å². The number of carboxylic acid groups (broad SMARTS) is 1. The van der Waals surface area contributed by atoms with Crippen molar-refractivity contribution in [2.45, 2.75) is 39.2 Å². The lowest BCUT2D eigenvalue weighted by atomic mass is 9.92. The van der Waals surface area contributed by atoms with Gasteiger partial charge in [-0.15, -0.1) is 0 Å². The van der Waals surface area contributed by atoms with Crippen LogP contribution in [0.3, 0.4) is 0 Å². The number of nitrogens with zero attached hydrogens (tertiary/aromatic N) is 2. The summed E-state index contributed by atoms with van der Waals surface area (Å²) in [6.07, 6.45) is 1.23. The molecule has 1 N–H and O–H groups in total. The molecule has 0 spiro atoms. The number of aromatic nitrogens is 1. The first-order valence-corrected chi connectivity index (χ1v) is 11.3. The number of ether oxygens (including phenoxy) is 2. The number of carbonyl (C=O) groups is 2. The Kier molecular flexibility index (Phi) is 7.15. The molecule has 1 aliphatic heterocycles. The third-order valence-electron chi connectivity index (χ3n) is 6.02. The first kappa shape index (κ1) is 23.4. The lowest BCUT2D eigenvalue weighted by molar-refractivity contribution is -0.136. The van der Waals surface area contributed by atoms with Crippen LogP contribution in [0.25, 0.3) is 11.5 Å². The van der Waals surface area contributed by atoms with Crippen molar-refractivity contribution in [1.29, 1.82) is 0 Å². The number of aryl methyl sites for hydroxylation is 2. The van der Waals surface area contributed by atoms with Crippen LogP contribution >= 0.6 is 0 Å². The summed E-state index contributed by atoms with van der Waals surface area (Å²) in [5, 5.41) is 9.11. The van der Waals surface area contributed by atoms with Crippen LogP contribution in [0, 0.1) is 6.92 Å². The maximum absolute atomic E-state index is 12.1. The van der Waals surface area contributed by atoms with Crippen molar-refractivity contribution in [3.8, 4) is 17.2 Å². The normalized spacial score (nSPS) is 12.8. The quantitative estimate of drug-likeness (QED) is 0.527. The van der Waals surface area contributed by atoms with E-state index in [1.807, 2.05) is 49.4 Å². The molecule has 0 saturated carbocycles. The Labute approximate surface area is 198 Å². The highest BCUT2D eigenvalue weighted by atomic mass is 16.5. The van der Waals surface area contributed by atoms with Crippen molar-refractivity contribution < 1.29 is 28.6 Å². The SMILES string of the molecule is COC(=O)N1CCc2c(OCCc3nc(-c4ccccc4)oc3C)ccc(CCC(=O)O)c2C1. The Bertz CT molecular complexity index is 1170. The molecule has 0 fully saturated rings. The van der Waals surface area contributed by atoms with Gasteiger partial charge in [0.05, 0.1) is 19.4 Å². The van der Waals surface area contributed by atoms with Crippen LogP contribution in [0.15, 0.2) is 46.9 Å².